The molecule has 0 fully saturated rings. The van der Waals surface area contributed by atoms with Gasteiger partial charge in [-0.1, -0.05) is 29.8 Å². The Hall–Kier alpha value is -2.39. The van der Waals surface area contributed by atoms with E-state index in [-0.39, 0.29) is 11.7 Å². The number of hydrogen-bond acceptors (Lipinski definition) is 3. The first kappa shape index (κ1) is 13.3. The summed E-state index contributed by atoms with van der Waals surface area (Å²) in [5.41, 5.74) is 1.33. The third-order valence-corrected chi connectivity index (χ3v) is 4.19. The summed E-state index contributed by atoms with van der Waals surface area (Å²) in [6.07, 6.45) is 1.69. The van der Waals surface area contributed by atoms with Crippen LogP contribution >= 0.6 is 11.6 Å². The van der Waals surface area contributed by atoms with Crippen molar-refractivity contribution in [2.75, 3.05) is 6.61 Å². The third kappa shape index (κ3) is 2.06. The first-order valence-electron chi connectivity index (χ1n) is 7.04. The number of Topliss-reactive ketones (excluding diaryl/α,β-unsaturated/α-hetero) is 1. The fourth-order valence-corrected chi connectivity index (χ4v) is 3.04. The van der Waals surface area contributed by atoms with Crippen LogP contribution in [0.5, 0.6) is 5.75 Å². The van der Waals surface area contributed by atoms with E-state index in [4.69, 9.17) is 16.3 Å². The summed E-state index contributed by atoms with van der Waals surface area (Å²) in [4.78, 5) is 17.3. The average molecular weight is 310 g/mol. The molecule has 0 bridgehead atoms. The van der Waals surface area contributed by atoms with Crippen LogP contribution < -0.4 is 4.74 Å². The summed E-state index contributed by atoms with van der Waals surface area (Å²) in [5.74, 6) is 0.276. The van der Waals surface area contributed by atoms with Gasteiger partial charge in [0.2, 0.25) is 0 Å². The van der Waals surface area contributed by atoms with Crippen LogP contribution in [0.1, 0.15) is 22.0 Å². The maximum absolute atomic E-state index is 13.0. The Morgan fingerprint density at radius 3 is 2.82 bits per heavy atom. The molecular formula is C18H12ClNO2. The standard InChI is InChI=1S/C18H12ClNO2/c19-12-6-4-11-5-7-16-17(13(11)9-12)18(21)14(10-22-16)15-3-1-2-8-20-15/h1-9,14H,10H2. The van der Waals surface area contributed by atoms with Crippen molar-refractivity contribution in [2.24, 2.45) is 0 Å². The Labute approximate surface area is 132 Å². The molecule has 1 atom stereocenters. The molecule has 2 heterocycles. The summed E-state index contributed by atoms with van der Waals surface area (Å²) in [6, 6.07) is 14.9. The SMILES string of the molecule is O=C1c2c(ccc3ccc(Cl)cc23)OCC1c1ccccn1. The summed E-state index contributed by atoms with van der Waals surface area (Å²) < 4.78 is 5.80. The number of aromatic nitrogens is 1. The van der Waals surface area contributed by atoms with Gasteiger partial charge in [-0.05, 0) is 41.1 Å². The zero-order valence-electron chi connectivity index (χ0n) is 11.6. The van der Waals surface area contributed by atoms with Gasteiger partial charge in [-0.3, -0.25) is 9.78 Å². The second-order valence-electron chi connectivity index (χ2n) is 5.29. The number of fused-ring (bicyclic) bond motifs is 3. The zero-order chi connectivity index (χ0) is 15.1. The molecular weight excluding hydrogens is 298 g/mol. The molecule has 108 valence electrons. The van der Waals surface area contributed by atoms with E-state index >= 15 is 0 Å². The van der Waals surface area contributed by atoms with E-state index in [1.54, 1.807) is 6.20 Å². The van der Waals surface area contributed by atoms with Crippen molar-refractivity contribution in [3.63, 3.8) is 0 Å². The van der Waals surface area contributed by atoms with Crippen LogP contribution in [0.4, 0.5) is 0 Å². The van der Waals surface area contributed by atoms with Crippen molar-refractivity contribution in [3.05, 3.63) is 71.0 Å². The lowest BCUT2D eigenvalue weighted by Gasteiger charge is -2.25. The van der Waals surface area contributed by atoms with Crippen LogP contribution in [0.25, 0.3) is 10.8 Å². The maximum atomic E-state index is 13.0. The van der Waals surface area contributed by atoms with Crippen molar-refractivity contribution in [1.29, 1.82) is 0 Å². The molecule has 4 heteroatoms. The van der Waals surface area contributed by atoms with Crippen molar-refractivity contribution in [1.82, 2.24) is 4.98 Å². The number of pyridine rings is 1. The number of nitrogens with zero attached hydrogens (tertiary/aromatic N) is 1. The molecule has 3 aromatic rings. The molecule has 1 unspecified atom stereocenters. The molecule has 1 aliphatic rings. The maximum Gasteiger partial charge on any atom is 0.179 e. The summed E-state index contributed by atoms with van der Waals surface area (Å²) in [6.45, 7) is 0.314. The van der Waals surface area contributed by atoms with Crippen LogP contribution in [-0.2, 0) is 0 Å². The molecule has 0 N–H and O–H groups in total. The molecule has 1 aliphatic heterocycles. The molecule has 22 heavy (non-hydrogen) atoms. The quantitative estimate of drug-likeness (QED) is 0.674. The lowest BCUT2D eigenvalue weighted by atomic mass is 9.89. The molecule has 4 rings (SSSR count). The summed E-state index contributed by atoms with van der Waals surface area (Å²) in [5, 5.41) is 2.41. The number of halogens is 1. The molecule has 0 amide bonds. The second-order valence-corrected chi connectivity index (χ2v) is 5.72. The summed E-state index contributed by atoms with van der Waals surface area (Å²) in [7, 11) is 0. The highest BCUT2D eigenvalue weighted by atomic mass is 35.5. The van der Waals surface area contributed by atoms with Gasteiger partial charge in [-0.25, -0.2) is 0 Å². The van der Waals surface area contributed by atoms with Gasteiger partial charge in [0.1, 0.15) is 12.4 Å². The average Bonchev–Trinajstić information content (AvgIpc) is 2.55. The number of rotatable bonds is 1. The minimum atomic E-state index is -0.377. The monoisotopic (exact) mass is 309 g/mol. The number of hydrogen-bond donors (Lipinski definition) is 0. The topological polar surface area (TPSA) is 39.2 Å². The first-order chi connectivity index (χ1) is 10.7. The van der Waals surface area contributed by atoms with Crippen LogP contribution in [0.3, 0.4) is 0 Å². The smallest absolute Gasteiger partial charge is 0.179 e. The highest BCUT2D eigenvalue weighted by molar-refractivity contribution is 6.31. The number of ether oxygens (including phenoxy) is 1. The van der Waals surface area contributed by atoms with E-state index in [1.807, 2.05) is 48.5 Å². The van der Waals surface area contributed by atoms with Crippen molar-refractivity contribution >= 4 is 28.2 Å². The van der Waals surface area contributed by atoms with Crippen molar-refractivity contribution < 1.29 is 9.53 Å². The molecule has 0 radical (unpaired) electrons. The van der Waals surface area contributed by atoms with E-state index in [0.717, 1.165) is 16.5 Å². The molecule has 0 aliphatic carbocycles. The predicted molar refractivity (Wildman–Crippen MR) is 85.8 cm³/mol. The van der Waals surface area contributed by atoms with E-state index < -0.39 is 0 Å². The fourth-order valence-electron chi connectivity index (χ4n) is 2.87. The van der Waals surface area contributed by atoms with Gasteiger partial charge < -0.3 is 4.74 Å². The Morgan fingerprint density at radius 1 is 1.14 bits per heavy atom. The van der Waals surface area contributed by atoms with E-state index in [1.165, 1.54) is 0 Å². The Bertz CT molecular complexity index is 877. The van der Waals surface area contributed by atoms with Gasteiger partial charge in [0.25, 0.3) is 0 Å². The molecule has 1 aromatic heterocycles. The van der Waals surface area contributed by atoms with E-state index in [9.17, 15) is 4.79 Å². The summed E-state index contributed by atoms with van der Waals surface area (Å²) >= 11 is 6.10. The van der Waals surface area contributed by atoms with Gasteiger partial charge in [-0.15, -0.1) is 0 Å². The van der Waals surface area contributed by atoms with E-state index in [0.29, 0.717) is 22.9 Å². The second kappa shape index (κ2) is 5.11. The zero-order valence-corrected chi connectivity index (χ0v) is 12.4. The molecule has 2 aromatic carbocycles. The molecule has 0 saturated carbocycles. The first-order valence-corrected chi connectivity index (χ1v) is 7.42. The van der Waals surface area contributed by atoms with Gasteiger partial charge in [0.05, 0.1) is 17.2 Å². The molecule has 0 saturated heterocycles. The van der Waals surface area contributed by atoms with Gasteiger partial charge >= 0.3 is 0 Å². The van der Waals surface area contributed by atoms with Gasteiger partial charge in [-0.2, -0.15) is 0 Å². The lowest BCUT2D eigenvalue weighted by molar-refractivity contribution is 0.0896. The number of ketones is 1. The third-order valence-electron chi connectivity index (χ3n) is 3.96. The Morgan fingerprint density at radius 2 is 2.00 bits per heavy atom. The number of benzene rings is 2. The number of carbonyl (C=O) groups is 1. The predicted octanol–water partition coefficient (Wildman–Crippen LogP) is 4.25. The molecule has 3 nitrogen and oxygen atoms in total. The van der Waals surface area contributed by atoms with Crippen LogP contribution in [-0.4, -0.2) is 17.4 Å². The highest BCUT2D eigenvalue weighted by Crippen LogP contribution is 2.37. The van der Waals surface area contributed by atoms with Crippen LogP contribution in [0.2, 0.25) is 5.02 Å². The highest BCUT2D eigenvalue weighted by Gasteiger charge is 2.32. The largest absolute Gasteiger partial charge is 0.492 e. The Kier molecular flexibility index (Phi) is 3.09. The minimum Gasteiger partial charge on any atom is -0.492 e. The fraction of sp³-hybridized carbons (Fsp3) is 0.111. The van der Waals surface area contributed by atoms with Crippen LogP contribution in [0, 0.1) is 0 Å². The van der Waals surface area contributed by atoms with Crippen molar-refractivity contribution in [2.45, 2.75) is 5.92 Å². The number of carbonyl (C=O) groups excluding carboxylic acids is 1. The van der Waals surface area contributed by atoms with E-state index in [2.05, 4.69) is 4.98 Å². The molecule has 0 spiro atoms. The van der Waals surface area contributed by atoms with Gasteiger partial charge in [0.15, 0.2) is 5.78 Å². The lowest BCUT2D eigenvalue weighted by Crippen LogP contribution is -2.27. The normalized spacial score (nSPS) is 17.1. The minimum absolute atomic E-state index is 0.0350. The Balaban J connectivity index is 1.90. The van der Waals surface area contributed by atoms with Crippen LogP contribution in [0.15, 0.2) is 54.7 Å². The van der Waals surface area contributed by atoms with Crippen molar-refractivity contribution in [3.8, 4) is 5.75 Å². The van der Waals surface area contributed by atoms with Gasteiger partial charge in [0, 0.05) is 11.2 Å².